The minimum absolute atomic E-state index is 0.238. The Morgan fingerprint density at radius 2 is 1.87 bits per heavy atom. The lowest BCUT2D eigenvalue weighted by Gasteiger charge is -2.12. The summed E-state index contributed by atoms with van der Waals surface area (Å²) in [6, 6.07) is 14.6. The van der Waals surface area contributed by atoms with Crippen LogP contribution in [0.15, 0.2) is 59.4 Å². The lowest BCUT2D eigenvalue weighted by atomic mass is 10.1. The lowest BCUT2D eigenvalue weighted by molar-refractivity contribution is -0.142. The molecule has 0 aliphatic heterocycles. The predicted octanol–water partition coefficient (Wildman–Crippen LogP) is 2.25. The number of ether oxygens (including phenoxy) is 3. The van der Waals surface area contributed by atoms with Crippen LogP contribution < -0.4 is 20.3 Å². The molecule has 0 spiro atoms. The van der Waals surface area contributed by atoms with E-state index in [1.807, 2.05) is 6.07 Å². The fourth-order valence-electron chi connectivity index (χ4n) is 2.59. The maximum absolute atomic E-state index is 12.7. The van der Waals surface area contributed by atoms with E-state index in [1.54, 1.807) is 36.4 Å². The van der Waals surface area contributed by atoms with Gasteiger partial charge in [0, 0.05) is 22.9 Å². The number of amides is 1. The van der Waals surface area contributed by atoms with Crippen molar-refractivity contribution in [2.24, 2.45) is 0 Å². The number of nitrogens with zero attached hydrogens (tertiary/aromatic N) is 1. The third kappa shape index (κ3) is 5.02. The van der Waals surface area contributed by atoms with E-state index in [0.29, 0.717) is 22.7 Å². The van der Waals surface area contributed by atoms with Crippen molar-refractivity contribution in [3.05, 3.63) is 70.5 Å². The molecule has 3 rings (SSSR count). The van der Waals surface area contributed by atoms with Crippen LogP contribution in [-0.2, 0) is 9.53 Å². The summed E-state index contributed by atoms with van der Waals surface area (Å²) in [7, 11) is 2.71. The molecule has 0 unspecified atom stereocenters. The molecule has 2 N–H and O–H groups in total. The van der Waals surface area contributed by atoms with E-state index in [1.165, 1.54) is 26.4 Å². The average Bonchev–Trinajstić information content (AvgIpc) is 2.77. The second-order valence-corrected chi connectivity index (χ2v) is 6.07. The van der Waals surface area contributed by atoms with Gasteiger partial charge in [0.1, 0.15) is 0 Å². The zero-order valence-electron chi connectivity index (χ0n) is 16.3. The first kappa shape index (κ1) is 20.6. The molecule has 0 saturated heterocycles. The molecule has 0 fully saturated rings. The zero-order chi connectivity index (χ0) is 21.5. The van der Waals surface area contributed by atoms with Crippen molar-refractivity contribution in [1.29, 1.82) is 0 Å². The van der Waals surface area contributed by atoms with Gasteiger partial charge in [-0.05, 0) is 36.4 Å². The average molecular weight is 409 g/mol. The standard InChI is InChI=1S/C21H19N3O6/c1-28-17-8-6-14(11-18(17)30-12-20(26)29-2)21(27)22-15-5-3-4-13(10-15)16-7-9-19(25)24-23-16/h3-11H,12H2,1-2H3,(H,22,27)(H,24,25). The Bertz CT molecular complexity index is 1110. The summed E-state index contributed by atoms with van der Waals surface area (Å²) in [5.41, 5.74) is 1.84. The van der Waals surface area contributed by atoms with E-state index in [0.717, 1.165) is 5.56 Å². The van der Waals surface area contributed by atoms with Gasteiger partial charge < -0.3 is 19.5 Å². The molecule has 9 heteroatoms. The molecule has 1 aromatic heterocycles. The second kappa shape index (κ2) is 9.37. The molecule has 2 aromatic carbocycles. The monoisotopic (exact) mass is 409 g/mol. The van der Waals surface area contributed by atoms with Crippen molar-refractivity contribution < 1.29 is 23.8 Å². The number of hydrogen-bond acceptors (Lipinski definition) is 7. The van der Waals surface area contributed by atoms with Gasteiger partial charge in [-0.25, -0.2) is 9.89 Å². The molecular formula is C21H19N3O6. The summed E-state index contributed by atoms with van der Waals surface area (Å²) in [5.74, 6) is -0.324. The topological polar surface area (TPSA) is 120 Å². The van der Waals surface area contributed by atoms with E-state index in [-0.39, 0.29) is 23.8 Å². The van der Waals surface area contributed by atoms with Crippen molar-refractivity contribution in [2.45, 2.75) is 0 Å². The number of anilines is 1. The van der Waals surface area contributed by atoms with Crippen LogP contribution in [0.1, 0.15) is 10.4 Å². The number of benzene rings is 2. The summed E-state index contributed by atoms with van der Waals surface area (Å²) >= 11 is 0. The number of carbonyl (C=O) groups is 2. The highest BCUT2D eigenvalue weighted by Gasteiger charge is 2.13. The fourth-order valence-corrected chi connectivity index (χ4v) is 2.59. The van der Waals surface area contributed by atoms with Crippen molar-refractivity contribution in [1.82, 2.24) is 10.2 Å². The van der Waals surface area contributed by atoms with Gasteiger partial charge in [0.05, 0.1) is 19.9 Å². The SMILES string of the molecule is COC(=O)COc1cc(C(=O)Nc2cccc(-c3ccc(=O)[nH]n3)c2)ccc1OC. The van der Waals surface area contributed by atoms with Gasteiger partial charge in [-0.2, -0.15) is 5.10 Å². The summed E-state index contributed by atoms with van der Waals surface area (Å²) in [6.45, 7) is -0.313. The van der Waals surface area contributed by atoms with Crippen LogP contribution in [0.5, 0.6) is 11.5 Å². The van der Waals surface area contributed by atoms with Gasteiger partial charge in [-0.3, -0.25) is 9.59 Å². The van der Waals surface area contributed by atoms with E-state index in [2.05, 4.69) is 20.3 Å². The smallest absolute Gasteiger partial charge is 0.343 e. The molecular weight excluding hydrogens is 390 g/mol. The molecule has 9 nitrogen and oxygen atoms in total. The van der Waals surface area contributed by atoms with Crippen LogP contribution in [0.4, 0.5) is 5.69 Å². The third-order valence-corrected chi connectivity index (χ3v) is 4.09. The molecule has 3 aromatic rings. The Morgan fingerprint density at radius 3 is 2.57 bits per heavy atom. The van der Waals surface area contributed by atoms with Gasteiger partial charge >= 0.3 is 5.97 Å². The molecule has 1 amide bonds. The maximum Gasteiger partial charge on any atom is 0.343 e. The van der Waals surface area contributed by atoms with Crippen LogP contribution in [-0.4, -0.2) is 42.9 Å². The number of hydrogen-bond donors (Lipinski definition) is 2. The molecule has 0 aliphatic rings. The van der Waals surface area contributed by atoms with Crippen LogP contribution >= 0.6 is 0 Å². The highest BCUT2D eigenvalue weighted by Crippen LogP contribution is 2.29. The number of nitrogens with one attached hydrogen (secondary N) is 2. The van der Waals surface area contributed by atoms with Crippen molar-refractivity contribution in [3.8, 4) is 22.8 Å². The number of carbonyl (C=O) groups excluding carboxylic acids is 2. The number of esters is 1. The van der Waals surface area contributed by atoms with Crippen molar-refractivity contribution in [2.75, 3.05) is 26.1 Å². The summed E-state index contributed by atoms with van der Waals surface area (Å²) < 4.78 is 15.1. The van der Waals surface area contributed by atoms with Crippen LogP contribution in [0.3, 0.4) is 0 Å². The predicted molar refractivity (Wildman–Crippen MR) is 109 cm³/mol. The highest BCUT2D eigenvalue weighted by atomic mass is 16.6. The first-order valence-corrected chi connectivity index (χ1v) is 8.85. The number of aromatic nitrogens is 2. The molecule has 1 heterocycles. The molecule has 30 heavy (non-hydrogen) atoms. The number of aromatic amines is 1. The largest absolute Gasteiger partial charge is 0.493 e. The minimum atomic E-state index is -0.556. The van der Waals surface area contributed by atoms with Gasteiger partial charge in [0.15, 0.2) is 18.1 Å². The third-order valence-electron chi connectivity index (χ3n) is 4.09. The number of methoxy groups -OCH3 is 2. The molecule has 0 radical (unpaired) electrons. The van der Waals surface area contributed by atoms with Crippen LogP contribution in [0, 0.1) is 0 Å². The Morgan fingerprint density at radius 1 is 1.03 bits per heavy atom. The summed E-state index contributed by atoms with van der Waals surface area (Å²) in [6.07, 6.45) is 0. The first-order valence-electron chi connectivity index (χ1n) is 8.85. The van der Waals surface area contributed by atoms with E-state index in [9.17, 15) is 14.4 Å². The van der Waals surface area contributed by atoms with Crippen LogP contribution in [0.2, 0.25) is 0 Å². The van der Waals surface area contributed by atoms with Gasteiger partial charge in [0.2, 0.25) is 0 Å². The quantitative estimate of drug-likeness (QED) is 0.574. The number of H-pyrrole nitrogens is 1. The van der Waals surface area contributed by atoms with E-state index in [4.69, 9.17) is 9.47 Å². The van der Waals surface area contributed by atoms with Crippen molar-refractivity contribution >= 4 is 17.6 Å². The molecule has 0 atom stereocenters. The Balaban J connectivity index is 1.78. The second-order valence-electron chi connectivity index (χ2n) is 6.07. The highest BCUT2D eigenvalue weighted by molar-refractivity contribution is 6.05. The lowest BCUT2D eigenvalue weighted by Crippen LogP contribution is -2.15. The zero-order valence-corrected chi connectivity index (χ0v) is 16.3. The molecule has 154 valence electrons. The van der Waals surface area contributed by atoms with Gasteiger partial charge in [-0.1, -0.05) is 12.1 Å². The van der Waals surface area contributed by atoms with Crippen LogP contribution in [0.25, 0.3) is 11.3 Å². The molecule has 0 bridgehead atoms. The number of rotatable bonds is 7. The molecule has 0 aliphatic carbocycles. The minimum Gasteiger partial charge on any atom is -0.493 e. The van der Waals surface area contributed by atoms with E-state index < -0.39 is 5.97 Å². The van der Waals surface area contributed by atoms with Gasteiger partial charge in [0.25, 0.3) is 11.5 Å². The van der Waals surface area contributed by atoms with E-state index >= 15 is 0 Å². The maximum atomic E-state index is 12.7. The van der Waals surface area contributed by atoms with Crippen molar-refractivity contribution in [3.63, 3.8) is 0 Å². The normalized spacial score (nSPS) is 10.2. The van der Waals surface area contributed by atoms with Gasteiger partial charge in [-0.15, -0.1) is 0 Å². The molecule has 0 saturated carbocycles. The first-order chi connectivity index (χ1) is 14.5. The summed E-state index contributed by atoms with van der Waals surface area (Å²) in [4.78, 5) is 35.2. The Kier molecular flexibility index (Phi) is 6.43. The Hall–Kier alpha value is -4.14. The summed E-state index contributed by atoms with van der Waals surface area (Å²) in [5, 5.41) is 9.15. The Labute approximate surface area is 171 Å². The fraction of sp³-hybridized carbons (Fsp3) is 0.143.